The van der Waals surface area contributed by atoms with Gasteiger partial charge in [-0.15, -0.1) is 0 Å². The van der Waals surface area contributed by atoms with Gasteiger partial charge < -0.3 is 0 Å². The summed E-state index contributed by atoms with van der Waals surface area (Å²) in [7, 11) is 0. The van der Waals surface area contributed by atoms with Crippen molar-refractivity contribution in [1.82, 2.24) is 9.80 Å². The van der Waals surface area contributed by atoms with Crippen molar-refractivity contribution >= 4 is 0 Å². The Kier molecular flexibility index (Phi) is 8.26. The van der Waals surface area contributed by atoms with E-state index in [4.69, 9.17) is 0 Å². The largest absolute Gasteiger partial charge is 0.357 e. The molecule has 2 saturated heterocycles. The fraction of sp³-hybridized carbons (Fsp3) is 1.00. The molecular weight excluding hydrogens is 356 g/mol. The highest BCUT2D eigenvalue weighted by Gasteiger charge is 2.81. The van der Waals surface area contributed by atoms with Crippen molar-refractivity contribution < 1.29 is 8.97 Å². The summed E-state index contributed by atoms with van der Waals surface area (Å²) >= 11 is 0. The minimum Gasteiger partial charge on any atom is -0.242 e. The molecular formula is C25H54N4+2. The molecule has 4 heteroatoms. The lowest BCUT2D eigenvalue weighted by Gasteiger charge is -2.60. The van der Waals surface area contributed by atoms with Crippen molar-refractivity contribution in [3.8, 4) is 0 Å². The van der Waals surface area contributed by atoms with Crippen LogP contribution < -0.4 is 0 Å². The molecule has 0 aliphatic carbocycles. The van der Waals surface area contributed by atoms with Crippen LogP contribution in [0.4, 0.5) is 0 Å². The van der Waals surface area contributed by atoms with Crippen LogP contribution in [-0.4, -0.2) is 88.1 Å². The Morgan fingerprint density at radius 3 is 1.72 bits per heavy atom. The van der Waals surface area contributed by atoms with E-state index in [0.29, 0.717) is 18.1 Å². The van der Waals surface area contributed by atoms with Gasteiger partial charge in [-0.1, -0.05) is 27.7 Å². The maximum atomic E-state index is 3.08. The first kappa shape index (κ1) is 25.1. The summed E-state index contributed by atoms with van der Waals surface area (Å²) in [4.78, 5) is 6.11. The van der Waals surface area contributed by atoms with Gasteiger partial charge in [0.1, 0.15) is 12.6 Å². The zero-order chi connectivity index (χ0) is 22.0. The molecule has 5 unspecified atom stereocenters. The molecule has 0 N–H and O–H groups in total. The number of hydrogen-bond donors (Lipinski definition) is 0. The Morgan fingerprint density at radius 2 is 1.34 bits per heavy atom. The van der Waals surface area contributed by atoms with E-state index in [1.807, 2.05) is 0 Å². The first-order chi connectivity index (χ1) is 13.8. The Bertz CT molecular complexity index is 513. The predicted molar refractivity (Wildman–Crippen MR) is 126 cm³/mol. The van der Waals surface area contributed by atoms with Gasteiger partial charge in [-0.2, -0.15) is 9.80 Å². The Labute approximate surface area is 183 Å². The number of hydrogen-bond acceptors (Lipinski definition) is 2. The van der Waals surface area contributed by atoms with E-state index in [1.54, 1.807) is 0 Å². The van der Waals surface area contributed by atoms with E-state index >= 15 is 0 Å². The second-order valence-corrected chi connectivity index (χ2v) is 9.93. The van der Waals surface area contributed by atoms with E-state index in [2.05, 4.69) is 79.0 Å². The molecule has 0 saturated carbocycles. The molecule has 0 bridgehead atoms. The molecule has 0 aromatic heterocycles. The van der Waals surface area contributed by atoms with Gasteiger partial charge in [-0.05, 0) is 67.2 Å². The number of quaternary nitrogens is 2. The second-order valence-electron chi connectivity index (χ2n) is 9.93. The Hall–Kier alpha value is -0.160. The van der Waals surface area contributed by atoms with E-state index in [1.165, 1.54) is 73.9 Å². The van der Waals surface area contributed by atoms with Gasteiger partial charge in [-0.25, -0.2) is 8.97 Å². The molecule has 1 spiro atoms. The molecule has 2 aliphatic heterocycles. The molecule has 0 aromatic rings. The van der Waals surface area contributed by atoms with Crippen LogP contribution in [0.2, 0.25) is 0 Å². The molecule has 2 aliphatic rings. The first-order valence-corrected chi connectivity index (χ1v) is 13.1. The van der Waals surface area contributed by atoms with Crippen LogP contribution in [0.25, 0.3) is 0 Å². The lowest BCUT2D eigenvalue weighted by atomic mass is 10.1. The van der Waals surface area contributed by atoms with Crippen molar-refractivity contribution in [3.63, 3.8) is 0 Å². The van der Waals surface area contributed by atoms with Crippen LogP contribution in [0.5, 0.6) is 0 Å². The van der Waals surface area contributed by atoms with Crippen LogP contribution in [0.1, 0.15) is 94.9 Å². The van der Waals surface area contributed by atoms with Gasteiger partial charge in [0, 0.05) is 12.1 Å². The van der Waals surface area contributed by atoms with Crippen molar-refractivity contribution in [2.45, 2.75) is 125 Å². The Morgan fingerprint density at radius 1 is 0.793 bits per heavy atom. The summed E-state index contributed by atoms with van der Waals surface area (Å²) in [6.07, 6.45) is 5.04. The standard InChI is InChI=1S/C25H54N4/c1-11-21(9)26-19-24(14-4)29(17-7,18-8)25(26)27(22(10)12-2)23(13-3)20-28(25,15-5)16-6/h21-24H,11-20H2,1-10H3/q+2. The van der Waals surface area contributed by atoms with Crippen molar-refractivity contribution in [1.29, 1.82) is 0 Å². The van der Waals surface area contributed by atoms with Gasteiger partial charge in [0.25, 0.3) is 0 Å². The Balaban J connectivity index is 2.95. The summed E-state index contributed by atoms with van der Waals surface area (Å²) in [5.41, 5.74) is 0. The molecule has 0 radical (unpaired) electrons. The second kappa shape index (κ2) is 9.54. The van der Waals surface area contributed by atoms with Crippen LogP contribution in [0.15, 0.2) is 0 Å². The molecule has 4 nitrogen and oxygen atoms in total. The molecule has 2 fully saturated rings. The van der Waals surface area contributed by atoms with E-state index < -0.39 is 0 Å². The maximum absolute atomic E-state index is 3.08. The molecule has 5 atom stereocenters. The SMILES string of the molecule is CCC(C)N1CC(CC)[N+](CC)(CC)C12N(C(C)CC)C(CC)C[N+]2(CC)CC. The molecule has 2 heterocycles. The third kappa shape index (κ3) is 3.15. The summed E-state index contributed by atoms with van der Waals surface area (Å²) in [6, 6.07) is 2.66. The molecule has 0 aromatic carbocycles. The van der Waals surface area contributed by atoms with E-state index in [0.717, 1.165) is 6.04 Å². The van der Waals surface area contributed by atoms with Gasteiger partial charge in [0.15, 0.2) is 0 Å². The molecule has 172 valence electrons. The summed E-state index contributed by atoms with van der Waals surface area (Å²) in [6.45, 7) is 32.2. The van der Waals surface area contributed by atoms with Crippen LogP contribution in [0.3, 0.4) is 0 Å². The minimum absolute atomic E-state index is 0.0825. The summed E-state index contributed by atoms with van der Waals surface area (Å²) < 4.78 is 2.51. The van der Waals surface area contributed by atoms with Gasteiger partial charge in [0.2, 0.25) is 0 Å². The number of rotatable bonds is 10. The van der Waals surface area contributed by atoms with Gasteiger partial charge in [0.05, 0.1) is 38.8 Å². The van der Waals surface area contributed by atoms with E-state index in [-0.39, 0.29) is 5.91 Å². The van der Waals surface area contributed by atoms with E-state index in [9.17, 15) is 0 Å². The zero-order valence-corrected chi connectivity index (χ0v) is 21.7. The van der Waals surface area contributed by atoms with Crippen LogP contribution in [0, 0.1) is 0 Å². The molecule has 0 amide bonds. The lowest BCUT2D eigenvalue weighted by Crippen LogP contribution is -2.85. The predicted octanol–water partition coefficient (Wildman–Crippen LogP) is 5.10. The van der Waals surface area contributed by atoms with Crippen LogP contribution in [-0.2, 0) is 0 Å². The average molecular weight is 411 g/mol. The topological polar surface area (TPSA) is 6.48 Å². The third-order valence-electron chi connectivity index (χ3n) is 9.50. The first-order valence-electron chi connectivity index (χ1n) is 13.1. The fourth-order valence-corrected chi connectivity index (χ4v) is 7.61. The monoisotopic (exact) mass is 410 g/mol. The summed E-state index contributed by atoms with van der Waals surface area (Å²) in [5.74, 6) is 0.0825. The van der Waals surface area contributed by atoms with Crippen LogP contribution >= 0.6 is 0 Å². The van der Waals surface area contributed by atoms with Crippen molar-refractivity contribution in [3.05, 3.63) is 0 Å². The smallest absolute Gasteiger partial charge is 0.242 e. The fourth-order valence-electron chi connectivity index (χ4n) is 7.61. The highest BCUT2D eigenvalue weighted by Crippen LogP contribution is 2.55. The third-order valence-corrected chi connectivity index (χ3v) is 9.50. The molecule has 2 rings (SSSR count). The van der Waals surface area contributed by atoms with Crippen molar-refractivity contribution in [2.75, 3.05) is 39.3 Å². The normalized spacial score (nSPS) is 34.1. The number of nitrogens with zero attached hydrogens (tertiary/aromatic N) is 4. The van der Waals surface area contributed by atoms with Crippen molar-refractivity contribution in [2.24, 2.45) is 0 Å². The zero-order valence-electron chi connectivity index (χ0n) is 21.7. The minimum atomic E-state index is 0.0825. The molecule has 29 heavy (non-hydrogen) atoms. The van der Waals surface area contributed by atoms with Gasteiger partial charge in [-0.3, -0.25) is 0 Å². The average Bonchev–Trinajstić information content (AvgIpc) is 3.23. The summed E-state index contributed by atoms with van der Waals surface area (Å²) in [5, 5.41) is 0. The highest BCUT2D eigenvalue weighted by atomic mass is 15.9. The maximum Gasteiger partial charge on any atom is 0.357 e. The lowest BCUT2D eigenvalue weighted by molar-refractivity contribution is -1.18. The quantitative estimate of drug-likeness (QED) is 0.463. The highest BCUT2D eigenvalue weighted by molar-refractivity contribution is 4.98. The van der Waals surface area contributed by atoms with Gasteiger partial charge >= 0.3 is 5.91 Å². The number of likely N-dealkylation sites (N-methyl/N-ethyl adjacent to an activating group) is 2.